The predicted molar refractivity (Wildman–Crippen MR) is 55.0 cm³/mol. The van der Waals surface area contributed by atoms with Crippen molar-refractivity contribution in [2.45, 2.75) is 32.9 Å². The number of aliphatic carboxylic acids is 1. The van der Waals surface area contributed by atoms with Crippen LogP contribution in [0.1, 0.15) is 18.1 Å². The summed E-state index contributed by atoms with van der Waals surface area (Å²) in [6.07, 6.45) is 0.0545. The minimum Gasteiger partial charge on any atom is -0.479 e. The summed E-state index contributed by atoms with van der Waals surface area (Å²) in [7, 11) is 0. The average Bonchev–Trinajstić information content (AvgIpc) is 2.75. The number of aromatic nitrogens is 3. The first-order valence-electron chi connectivity index (χ1n) is 5.30. The minimum absolute atomic E-state index is 0.0164. The number of carbonyl (C=O) groups is 1. The molecule has 6 heteroatoms. The van der Waals surface area contributed by atoms with Gasteiger partial charge in [0.05, 0.1) is 0 Å². The first-order valence-corrected chi connectivity index (χ1v) is 5.30. The van der Waals surface area contributed by atoms with E-state index in [2.05, 4.69) is 10.1 Å². The summed E-state index contributed by atoms with van der Waals surface area (Å²) in [5.41, 5.74) is 0. The van der Waals surface area contributed by atoms with Crippen LogP contribution in [-0.4, -0.2) is 38.6 Å². The van der Waals surface area contributed by atoms with Gasteiger partial charge in [-0.15, -0.1) is 0 Å². The van der Waals surface area contributed by atoms with Crippen molar-refractivity contribution >= 4 is 5.97 Å². The lowest BCUT2D eigenvalue weighted by atomic mass is 10.0. The number of nitrogens with zero attached hydrogens (tertiary/aromatic N) is 3. The fourth-order valence-corrected chi connectivity index (χ4v) is 2.05. The van der Waals surface area contributed by atoms with Crippen LogP contribution in [0, 0.1) is 19.8 Å². The van der Waals surface area contributed by atoms with Gasteiger partial charge in [0.15, 0.2) is 6.10 Å². The second kappa shape index (κ2) is 4.21. The van der Waals surface area contributed by atoms with E-state index in [1.54, 1.807) is 4.68 Å². The second-order valence-corrected chi connectivity index (χ2v) is 4.07. The highest BCUT2D eigenvalue weighted by Gasteiger charge is 2.34. The topological polar surface area (TPSA) is 77.2 Å². The van der Waals surface area contributed by atoms with Crippen LogP contribution in [0.25, 0.3) is 0 Å². The molecule has 2 heterocycles. The van der Waals surface area contributed by atoms with Crippen LogP contribution in [0.5, 0.6) is 0 Å². The monoisotopic (exact) mass is 225 g/mol. The van der Waals surface area contributed by atoms with Gasteiger partial charge in [0.1, 0.15) is 11.6 Å². The molecule has 6 nitrogen and oxygen atoms in total. The molecule has 0 radical (unpaired) electrons. The summed E-state index contributed by atoms with van der Waals surface area (Å²) in [6.45, 7) is 4.76. The van der Waals surface area contributed by atoms with Crippen molar-refractivity contribution in [1.29, 1.82) is 0 Å². The van der Waals surface area contributed by atoms with E-state index in [0.29, 0.717) is 19.0 Å². The molecule has 0 aromatic carbocycles. The Bertz CT molecular complexity index is 402. The maximum atomic E-state index is 10.9. The van der Waals surface area contributed by atoms with E-state index >= 15 is 0 Å². The highest BCUT2D eigenvalue weighted by molar-refractivity contribution is 5.73. The lowest BCUT2D eigenvalue weighted by Gasteiger charge is -2.14. The fourth-order valence-electron chi connectivity index (χ4n) is 2.05. The number of aryl methyl sites for hydroxylation is 2. The summed E-state index contributed by atoms with van der Waals surface area (Å²) in [4.78, 5) is 15.1. The summed E-state index contributed by atoms with van der Waals surface area (Å²) in [5, 5.41) is 13.2. The molecule has 1 aromatic heterocycles. The Morgan fingerprint density at radius 2 is 2.38 bits per heavy atom. The van der Waals surface area contributed by atoms with Crippen LogP contribution >= 0.6 is 0 Å². The molecular weight excluding hydrogens is 210 g/mol. The molecule has 0 amide bonds. The van der Waals surface area contributed by atoms with Crippen LogP contribution in [0.3, 0.4) is 0 Å². The Hall–Kier alpha value is -1.43. The molecule has 1 aliphatic rings. The number of hydrogen-bond donors (Lipinski definition) is 1. The molecule has 0 spiro atoms. The van der Waals surface area contributed by atoms with E-state index in [-0.39, 0.29) is 5.92 Å². The number of ether oxygens (including phenoxy) is 1. The molecular formula is C10H15N3O3. The average molecular weight is 225 g/mol. The molecule has 1 saturated heterocycles. The standard InChI is InChI=1S/C10H15N3O3/c1-6-11-7(2)13(12-6)5-8-3-4-16-9(8)10(14)15/h8-9H,3-5H2,1-2H3,(H,14,15)/t8-,9-/m0/s1. The molecule has 1 fully saturated rings. The van der Waals surface area contributed by atoms with Crippen molar-refractivity contribution in [2.75, 3.05) is 6.61 Å². The smallest absolute Gasteiger partial charge is 0.333 e. The van der Waals surface area contributed by atoms with E-state index in [4.69, 9.17) is 9.84 Å². The van der Waals surface area contributed by atoms with Crippen LogP contribution < -0.4 is 0 Å². The highest BCUT2D eigenvalue weighted by atomic mass is 16.5. The Kier molecular flexibility index (Phi) is 2.91. The van der Waals surface area contributed by atoms with Gasteiger partial charge in [-0.1, -0.05) is 0 Å². The van der Waals surface area contributed by atoms with Gasteiger partial charge < -0.3 is 9.84 Å². The zero-order chi connectivity index (χ0) is 11.7. The number of carboxylic acid groups (broad SMARTS) is 1. The lowest BCUT2D eigenvalue weighted by Crippen LogP contribution is -2.29. The van der Waals surface area contributed by atoms with Crippen molar-refractivity contribution in [1.82, 2.24) is 14.8 Å². The van der Waals surface area contributed by atoms with Crippen molar-refractivity contribution in [3.05, 3.63) is 11.6 Å². The Balaban J connectivity index is 2.09. The largest absolute Gasteiger partial charge is 0.479 e. The van der Waals surface area contributed by atoms with Gasteiger partial charge in [0, 0.05) is 19.1 Å². The van der Waals surface area contributed by atoms with Gasteiger partial charge in [-0.25, -0.2) is 14.5 Å². The van der Waals surface area contributed by atoms with E-state index in [9.17, 15) is 4.79 Å². The third kappa shape index (κ3) is 2.06. The van der Waals surface area contributed by atoms with Crippen LogP contribution in [0.4, 0.5) is 0 Å². The van der Waals surface area contributed by atoms with Gasteiger partial charge >= 0.3 is 5.97 Å². The molecule has 0 bridgehead atoms. The number of carboxylic acids is 1. The molecule has 1 N–H and O–H groups in total. The molecule has 0 unspecified atom stereocenters. The second-order valence-electron chi connectivity index (χ2n) is 4.07. The minimum atomic E-state index is -0.892. The molecule has 1 aliphatic heterocycles. The molecule has 16 heavy (non-hydrogen) atoms. The predicted octanol–water partition coefficient (Wildman–Crippen LogP) is 0.385. The van der Waals surface area contributed by atoms with Crippen molar-refractivity contribution in [3.63, 3.8) is 0 Å². The van der Waals surface area contributed by atoms with E-state index < -0.39 is 12.1 Å². The van der Waals surface area contributed by atoms with Gasteiger partial charge in [-0.05, 0) is 20.3 Å². The van der Waals surface area contributed by atoms with Crippen LogP contribution in [0.2, 0.25) is 0 Å². The molecule has 2 rings (SSSR count). The number of rotatable bonds is 3. The lowest BCUT2D eigenvalue weighted by molar-refractivity contribution is -0.149. The Morgan fingerprint density at radius 1 is 1.62 bits per heavy atom. The maximum Gasteiger partial charge on any atom is 0.333 e. The van der Waals surface area contributed by atoms with E-state index in [0.717, 1.165) is 12.2 Å². The summed E-state index contributed by atoms with van der Waals surface area (Å²) >= 11 is 0. The molecule has 0 saturated carbocycles. The fraction of sp³-hybridized carbons (Fsp3) is 0.700. The highest BCUT2D eigenvalue weighted by Crippen LogP contribution is 2.23. The first kappa shape index (κ1) is 11.1. The van der Waals surface area contributed by atoms with Gasteiger partial charge in [0.25, 0.3) is 0 Å². The quantitative estimate of drug-likeness (QED) is 0.804. The zero-order valence-corrected chi connectivity index (χ0v) is 9.38. The summed E-state index contributed by atoms with van der Waals surface area (Å²) < 4.78 is 6.94. The van der Waals surface area contributed by atoms with Gasteiger partial charge in [-0.3, -0.25) is 0 Å². The number of hydrogen-bond acceptors (Lipinski definition) is 4. The summed E-state index contributed by atoms with van der Waals surface area (Å²) in [5.74, 6) is 0.617. The normalized spacial score (nSPS) is 24.9. The molecule has 88 valence electrons. The Labute approximate surface area is 93.2 Å². The first-order chi connectivity index (χ1) is 7.58. The van der Waals surface area contributed by atoms with Crippen molar-refractivity contribution in [2.24, 2.45) is 5.92 Å². The van der Waals surface area contributed by atoms with E-state index in [1.807, 2.05) is 13.8 Å². The molecule has 1 aromatic rings. The van der Waals surface area contributed by atoms with Crippen LogP contribution in [0.15, 0.2) is 0 Å². The molecule has 0 aliphatic carbocycles. The molecule has 2 atom stereocenters. The van der Waals surface area contributed by atoms with Crippen LogP contribution in [-0.2, 0) is 16.1 Å². The SMILES string of the molecule is Cc1nc(C)n(C[C@@H]2CCO[C@@H]2C(=O)O)n1. The Morgan fingerprint density at radius 3 is 2.94 bits per heavy atom. The third-order valence-electron chi connectivity index (χ3n) is 2.83. The maximum absolute atomic E-state index is 10.9. The van der Waals surface area contributed by atoms with Gasteiger partial charge in [-0.2, -0.15) is 5.10 Å². The van der Waals surface area contributed by atoms with Crippen molar-refractivity contribution in [3.8, 4) is 0 Å². The van der Waals surface area contributed by atoms with Crippen molar-refractivity contribution < 1.29 is 14.6 Å². The third-order valence-corrected chi connectivity index (χ3v) is 2.83. The van der Waals surface area contributed by atoms with E-state index in [1.165, 1.54) is 0 Å². The zero-order valence-electron chi connectivity index (χ0n) is 9.38. The van der Waals surface area contributed by atoms with Gasteiger partial charge in [0.2, 0.25) is 0 Å². The summed E-state index contributed by atoms with van der Waals surface area (Å²) in [6, 6.07) is 0.